The molecule has 1 aromatic heterocycles. The minimum absolute atomic E-state index is 0.844. The maximum Gasteiger partial charge on any atom is 0.123 e. The van der Waals surface area contributed by atoms with Gasteiger partial charge in [-0.2, -0.15) is 0 Å². The highest BCUT2D eigenvalue weighted by atomic mass is 32.1. The molecule has 0 unspecified atom stereocenters. The molecular weight excluding hydrogens is 242 g/mol. The molecular formula is C15H19NOS. The van der Waals surface area contributed by atoms with E-state index in [4.69, 9.17) is 4.74 Å². The SMILES string of the molecule is CCNCc1cc(-c2csc(C)c2)ccc1OC. The third-order valence-corrected chi connectivity index (χ3v) is 3.77. The Balaban J connectivity index is 2.32. The minimum Gasteiger partial charge on any atom is -0.496 e. The minimum atomic E-state index is 0.844. The third kappa shape index (κ3) is 2.92. The summed E-state index contributed by atoms with van der Waals surface area (Å²) in [5.41, 5.74) is 3.76. The van der Waals surface area contributed by atoms with Gasteiger partial charge >= 0.3 is 0 Å². The molecule has 2 aromatic rings. The van der Waals surface area contributed by atoms with Crippen LogP contribution in [0.2, 0.25) is 0 Å². The predicted octanol–water partition coefficient (Wildman–Crippen LogP) is 3.84. The van der Waals surface area contributed by atoms with Gasteiger partial charge in [0.05, 0.1) is 7.11 Å². The largest absolute Gasteiger partial charge is 0.496 e. The Kier molecular flexibility index (Phi) is 4.39. The van der Waals surface area contributed by atoms with E-state index in [9.17, 15) is 0 Å². The second-order valence-electron chi connectivity index (χ2n) is 4.25. The maximum atomic E-state index is 5.40. The van der Waals surface area contributed by atoms with E-state index in [-0.39, 0.29) is 0 Å². The quantitative estimate of drug-likeness (QED) is 0.883. The van der Waals surface area contributed by atoms with Gasteiger partial charge in [-0.3, -0.25) is 0 Å². The van der Waals surface area contributed by atoms with Crippen molar-refractivity contribution in [1.82, 2.24) is 5.32 Å². The molecule has 0 aliphatic rings. The molecule has 96 valence electrons. The molecule has 0 amide bonds. The Morgan fingerprint density at radius 2 is 2.06 bits per heavy atom. The fourth-order valence-electron chi connectivity index (χ4n) is 1.95. The van der Waals surface area contributed by atoms with Crippen LogP contribution in [-0.4, -0.2) is 13.7 Å². The molecule has 3 heteroatoms. The van der Waals surface area contributed by atoms with Gasteiger partial charge in [0.2, 0.25) is 0 Å². The smallest absolute Gasteiger partial charge is 0.123 e. The van der Waals surface area contributed by atoms with E-state index in [0.717, 1.165) is 18.8 Å². The summed E-state index contributed by atoms with van der Waals surface area (Å²) in [7, 11) is 1.72. The van der Waals surface area contributed by atoms with Crippen LogP contribution < -0.4 is 10.1 Å². The molecule has 18 heavy (non-hydrogen) atoms. The number of benzene rings is 1. The van der Waals surface area contributed by atoms with Crippen molar-refractivity contribution < 1.29 is 4.74 Å². The second kappa shape index (κ2) is 6.03. The first-order chi connectivity index (χ1) is 8.74. The van der Waals surface area contributed by atoms with Crippen molar-refractivity contribution in [2.75, 3.05) is 13.7 Å². The molecule has 1 N–H and O–H groups in total. The molecule has 0 saturated carbocycles. The molecule has 0 atom stereocenters. The third-order valence-electron chi connectivity index (χ3n) is 2.91. The number of nitrogens with one attached hydrogen (secondary N) is 1. The van der Waals surface area contributed by atoms with Gasteiger partial charge in [-0.1, -0.05) is 13.0 Å². The predicted molar refractivity (Wildman–Crippen MR) is 78.4 cm³/mol. The van der Waals surface area contributed by atoms with Gasteiger partial charge in [-0.15, -0.1) is 11.3 Å². The van der Waals surface area contributed by atoms with Gasteiger partial charge < -0.3 is 10.1 Å². The van der Waals surface area contributed by atoms with Gasteiger partial charge in [0.15, 0.2) is 0 Å². The van der Waals surface area contributed by atoms with E-state index in [1.54, 1.807) is 18.4 Å². The Bertz CT molecular complexity index is 519. The van der Waals surface area contributed by atoms with Crippen LogP contribution in [0.4, 0.5) is 0 Å². The van der Waals surface area contributed by atoms with Crippen molar-refractivity contribution in [1.29, 1.82) is 0 Å². The van der Waals surface area contributed by atoms with E-state index < -0.39 is 0 Å². The van der Waals surface area contributed by atoms with E-state index in [0.29, 0.717) is 0 Å². The first-order valence-electron chi connectivity index (χ1n) is 6.17. The van der Waals surface area contributed by atoms with Crippen molar-refractivity contribution in [3.8, 4) is 16.9 Å². The Morgan fingerprint density at radius 3 is 2.67 bits per heavy atom. The van der Waals surface area contributed by atoms with Crippen LogP contribution in [-0.2, 0) is 6.54 Å². The summed E-state index contributed by atoms with van der Waals surface area (Å²) < 4.78 is 5.40. The van der Waals surface area contributed by atoms with Crippen molar-refractivity contribution in [2.45, 2.75) is 20.4 Å². The number of thiophene rings is 1. The summed E-state index contributed by atoms with van der Waals surface area (Å²) in [6, 6.07) is 8.61. The average Bonchev–Trinajstić information content (AvgIpc) is 2.82. The molecule has 0 radical (unpaired) electrons. The van der Waals surface area contributed by atoms with Crippen molar-refractivity contribution in [3.05, 3.63) is 40.1 Å². The van der Waals surface area contributed by atoms with E-state index in [2.05, 4.69) is 48.8 Å². The Hall–Kier alpha value is -1.32. The lowest BCUT2D eigenvalue weighted by molar-refractivity contribution is 0.408. The zero-order valence-corrected chi connectivity index (χ0v) is 11.9. The number of ether oxygens (including phenoxy) is 1. The van der Waals surface area contributed by atoms with Gasteiger partial charge in [0, 0.05) is 17.0 Å². The summed E-state index contributed by atoms with van der Waals surface area (Å²) in [6.45, 7) is 6.05. The van der Waals surface area contributed by atoms with E-state index in [1.165, 1.54) is 21.6 Å². The molecule has 2 nitrogen and oxygen atoms in total. The molecule has 0 spiro atoms. The molecule has 0 aliphatic carbocycles. The number of aryl methyl sites for hydroxylation is 1. The van der Waals surface area contributed by atoms with Crippen LogP contribution in [0.3, 0.4) is 0 Å². The molecule has 0 saturated heterocycles. The summed E-state index contributed by atoms with van der Waals surface area (Å²) >= 11 is 1.79. The lowest BCUT2D eigenvalue weighted by Gasteiger charge is -2.10. The number of hydrogen-bond donors (Lipinski definition) is 1. The number of rotatable bonds is 5. The van der Waals surface area contributed by atoms with Crippen LogP contribution in [0.15, 0.2) is 29.6 Å². The first kappa shape index (κ1) is 13.1. The highest BCUT2D eigenvalue weighted by Gasteiger charge is 2.06. The fourth-order valence-corrected chi connectivity index (χ4v) is 2.66. The Morgan fingerprint density at radius 1 is 1.22 bits per heavy atom. The summed E-state index contributed by atoms with van der Waals surface area (Å²) in [4.78, 5) is 1.34. The summed E-state index contributed by atoms with van der Waals surface area (Å²) in [5.74, 6) is 0.951. The number of hydrogen-bond acceptors (Lipinski definition) is 3. The lowest BCUT2D eigenvalue weighted by atomic mass is 10.0. The zero-order valence-electron chi connectivity index (χ0n) is 11.1. The van der Waals surface area contributed by atoms with Gasteiger partial charge in [-0.05, 0) is 48.2 Å². The van der Waals surface area contributed by atoms with Gasteiger partial charge in [0.1, 0.15) is 5.75 Å². The highest BCUT2D eigenvalue weighted by Crippen LogP contribution is 2.29. The van der Waals surface area contributed by atoms with Crippen LogP contribution >= 0.6 is 11.3 Å². The topological polar surface area (TPSA) is 21.3 Å². The monoisotopic (exact) mass is 261 g/mol. The van der Waals surface area contributed by atoms with E-state index in [1.807, 2.05) is 0 Å². The van der Waals surface area contributed by atoms with Crippen molar-refractivity contribution >= 4 is 11.3 Å². The average molecular weight is 261 g/mol. The molecule has 1 heterocycles. The van der Waals surface area contributed by atoms with Crippen molar-refractivity contribution in [3.63, 3.8) is 0 Å². The van der Waals surface area contributed by atoms with Crippen LogP contribution in [0.5, 0.6) is 5.75 Å². The number of methoxy groups -OCH3 is 1. The molecule has 1 aromatic carbocycles. The molecule has 2 rings (SSSR count). The first-order valence-corrected chi connectivity index (χ1v) is 7.05. The zero-order chi connectivity index (χ0) is 13.0. The van der Waals surface area contributed by atoms with Crippen molar-refractivity contribution in [2.24, 2.45) is 0 Å². The van der Waals surface area contributed by atoms with Gasteiger partial charge in [-0.25, -0.2) is 0 Å². The van der Waals surface area contributed by atoms with Crippen LogP contribution in [0.25, 0.3) is 11.1 Å². The summed E-state index contributed by atoms with van der Waals surface area (Å²) in [5, 5.41) is 5.55. The standard InChI is InChI=1S/C15H19NOS/c1-4-16-9-13-8-12(5-6-15(13)17-3)14-7-11(2)18-10-14/h5-8,10,16H,4,9H2,1-3H3. The maximum absolute atomic E-state index is 5.40. The second-order valence-corrected chi connectivity index (χ2v) is 5.37. The summed E-state index contributed by atoms with van der Waals surface area (Å²) in [6.07, 6.45) is 0. The van der Waals surface area contributed by atoms with Gasteiger partial charge in [0.25, 0.3) is 0 Å². The highest BCUT2D eigenvalue weighted by molar-refractivity contribution is 7.10. The normalized spacial score (nSPS) is 10.6. The molecule has 0 fully saturated rings. The van der Waals surface area contributed by atoms with E-state index >= 15 is 0 Å². The van der Waals surface area contributed by atoms with Crippen LogP contribution in [0.1, 0.15) is 17.4 Å². The fraction of sp³-hybridized carbons (Fsp3) is 0.333. The Labute approximate surface area is 113 Å². The molecule has 0 aliphatic heterocycles. The van der Waals surface area contributed by atoms with Crippen LogP contribution in [0, 0.1) is 6.92 Å². The lowest BCUT2D eigenvalue weighted by Crippen LogP contribution is -2.12. The molecule has 0 bridgehead atoms.